The third kappa shape index (κ3) is 10.2. The minimum atomic E-state index is -4.21. The number of alkyl halides is 3. The van der Waals surface area contributed by atoms with E-state index in [-0.39, 0.29) is 6.61 Å². The summed E-state index contributed by atoms with van der Waals surface area (Å²) >= 11 is 0. The first kappa shape index (κ1) is 15.7. The Balaban J connectivity index is 3.47. The monoisotopic (exact) mass is 241 g/mol. The molecule has 98 valence electrons. The zero-order valence-corrected chi connectivity index (χ0v) is 10.1. The Morgan fingerprint density at radius 1 is 1.25 bits per heavy atom. The zero-order valence-electron chi connectivity index (χ0n) is 10.1. The summed E-state index contributed by atoms with van der Waals surface area (Å²) in [6.45, 7) is 5.00. The van der Waals surface area contributed by atoms with Crippen LogP contribution in [0.25, 0.3) is 0 Å². The molecule has 5 heteroatoms. The molecule has 0 saturated heterocycles. The third-order valence-corrected chi connectivity index (χ3v) is 2.37. The Kier molecular flexibility index (Phi) is 8.66. The molecule has 0 aliphatic carbocycles. The number of hydrogen-bond acceptors (Lipinski definition) is 2. The number of nitrogens with one attached hydrogen (secondary N) is 1. The van der Waals surface area contributed by atoms with E-state index in [0.29, 0.717) is 12.3 Å². The maximum Gasteiger partial charge on any atom is 0.411 e. The Morgan fingerprint density at radius 2 is 1.94 bits per heavy atom. The lowest BCUT2D eigenvalue weighted by Gasteiger charge is -2.15. The van der Waals surface area contributed by atoms with E-state index in [1.54, 1.807) is 0 Å². The lowest BCUT2D eigenvalue weighted by molar-refractivity contribution is -0.174. The molecule has 0 radical (unpaired) electrons. The summed E-state index contributed by atoms with van der Waals surface area (Å²) in [6.07, 6.45) is -1.49. The van der Waals surface area contributed by atoms with Gasteiger partial charge in [0, 0.05) is 6.61 Å². The Bertz CT molecular complexity index is 162. The van der Waals surface area contributed by atoms with E-state index in [2.05, 4.69) is 17.0 Å². The van der Waals surface area contributed by atoms with Gasteiger partial charge in [-0.2, -0.15) is 13.2 Å². The molecule has 1 N–H and O–H groups in total. The van der Waals surface area contributed by atoms with Crippen LogP contribution in [0.4, 0.5) is 13.2 Å². The van der Waals surface area contributed by atoms with Crippen LogP contribution in [-0.2, 0) is 4.74 Å². The molecule has 1 unspecified atom stereocenters. The van der Waals surface area contributed by atoms with Crippen LogP contribution in [0.2, 0.25) is 0 Å². The number of hydrogen-bond donors (Lipinski definition) is 1. The molecule has 0 rings (SSSR count). The van der Waals surface area contributed by atoms with Crippen molar-refractivity contribution >= 4 is 0 Å². The normalized spacial score (nSPS) is 14.1. The predicted octanol–water partition coefficient (Wildman–Crippen LogP) is 2.98. The van der Waals surface area contributed by atoms with Crippen LogP contribution in [0.3, 0.4) is 0 Å². The highest BCUT2D eigenvalue weighted by Gasteiger charge is 2.27. The second-order valence-corrected chi connectivity index (χ2v) is 3.93. The van der Waals surface area contributed by atoms with Gasteiger partial charge in [0.05, 0.1) is 0 Å². The lowest BCUT2D eigenvalue weighted by Crippen LogP contribution is -2.25. The van der Waals surface area contributed by atoms with Crippen LogP contribution >= 0.6 is 0 Å². The first-order valence-corrected chi connectivity index (χ1v) is 5.84. The minimum Gasteiger partial charge on any atom is -0.372 e. The predicted molar refractivity (Wildman–Crippen MR) is 58.4 cm³/mol. The molecule has 0 aromatic rings. The fraction of sp³-hybridized carbons (Fsp3) is 1.00. The molecular formula is C11H22F3NO. The molecule has 1 atom stereocenters. The number of ether oxygens (including phenoxy) is 1. The molecule has 0 aliphatic heterocycles. The highest BCUT2D eigenvalue weighted by Crippen LogP contribution is 2.15. The molecule has 0 bridgehead atoms. The zero-order chi connectivity index (χ0) is 12.4. The van der Waals surface area contributed by atoms with Crippen molar-refractivity contribution in [2.24, 2.45) is 5.92 Å². The van der Waals surface area contributed by atoms with Gasteiger partial charge in [0.2, 0.25) is 0 Å². The molecule has 0 amide bonds. The molecule has 2 nitrogen and oxygen atoms in total. The van der Waals surface area contributed by atoms with Gasteiger partial charge in [0.25, 0.3) is 0 Å². The van der Waals surface area contributed by atoms with Gasteiger partial charge in [-0.15, -0.1) is 0 Å². The van der Waals surface area contributed by atoms with Crippen molar-refractivity contribution in [3.8, 4) is 0 Å². The fourth-order valence-corrected chi connectivity index (χ4v) is 1.37. The van der Waals surface area contributed by atoms with Gasteiger partial charge < -0.3 is 10.1 Å². The van der Waals surface area contributed by atoms with Crippen molar-refractivity contribution in [3.63, 3.8) is 0 Å². The SMILES string of the molecule is CCCNCC(CC)CCOCC(F)(F)F. The third-order valence-electron chi connectivity index (χ3n) is 2.37. The topological polar surface area (TPSA) is 21.3 Å². The summed E-state index contributed by atoms with van der Waals surface area (Å²) in [5.74, 6) is 0.403. The summed E-state index contributed by atoms with van der Waals surface area (Å²) in [5.41, 5.74) is 0. The van der Waals surface area contributed by atoms with Gasteiger partial charge in [-0.3, -0.25) is 0 Å². The summed E-state index contributed by atoms with van der Waals surface area (Å²) in [4.78, 5) is 0. The smallest absolute Gasteiger partial charge is 0.372 e. The summed E-state index contributed by atoms with van der Waals surface area (Å²) in [5, 5.41) is 3.27. The van der Waals surface area contributed by atoms with E-state index in [4.69, 9.17) is 0 Å². The van der Waals surface area contributed by atoms with Crippen molar-refractivity contribution in [3.05, 3.63) is 0 Å². The van der Waals surface area contributed by atoms with Crippen molar-refractivity contribution in [2.75, 3.05) is 26.3 Å². The van der Waals surface area contributed by atoms with E-state index in [9.17, 15) is 13.2 Å². The van der Waals surface area contributed by atoms with E-state index < -0.39 is 12.8 Å². The van der Waals surface area contributed by atoms with E-state index in [0.717, 1.165) is 25.9 Å². The molecule has 0 spiro atoms. The molecule has 0 heterocycles. The van der Waals surface area contributed by atoms with Gasteiger partial charge in [-0.05, 0) is 31.8 Å². The van der Waals surface area contributed by atoms with Crippen LogP contribution in [0.5, 0.6) is 0 Å². The lowest BCUT2D eigenvalue weighted by atomic mass is 10.0. The highest BCUT2D eigenvalue weighted by molar-refractivity contribution is 4.60. The van der Waals surface area contributed by atoms with Gasteiger partial charge in [-0.25, -0.2) is 0 Å². The Hall–Kier alpha value is -0.290. The van der Waals surface area contributed by atoms with Crippen LogP contribution < -0.4 is 5.32 Å². The van der Waals surface area contributed by atoms with Gasteiger partial charge in [0.15, 0.2) is 0 Å². The number of rotatable bonds is 9. The molecule has 0 aliphatic rings. The quantitative estimate of drug-likeness (QED) is 0.627. The first-order valence-electron chi connectivity index (χ1n) is 5.84. The largest absolute Gasteiger partial charge is 0.411 e. The van der Waals surface area contributed by atoms with Crippen molar-refractivity contribution in [2.45, 2.75) is 39.3 Å². The van der Waals surface area contributed by atoms with Gasteiger partial charge >= 0.3 is 6.18 Å². The standard InChI is InChI=1S/C11H22F3NO/c1-3-6-15-8-10(4-2)5-7-16-9-11(12,13)14/h10,15H,3-9H2,1-2H3. The van der Waals surface area contributed by atoms with Crippen LogP contribution in [0, 0.1) is 5.92 Å². The molecular weight excluding hydrogens is 219 g/mol. The summed E-state index contributed by atoms with van der Waals surface area (Å²) in [6, 6.07) is 0. The maximum absolute atomic E-state index is 11.8. The van der Waals surface area contributed by atoms with Crippen molar-refractivity contribution in [1.29, 1.82) is 0 Å². The minimum absolute atomic E-state index is 0.186. The second kappa shape index (κ2) is 8.82. The van der Waals surface area contributed by atoms with Gasteiger partial charge in [0.1, 0.15) is 6.61 Å². The van der Waals surface area contributed by atoms with E-state index in [1.165, 1.54) is 0 Å². The molecule has 0 fully saturated rings. The van der Waals surface area contributed by atoms with Crippen molar-refractivity contribution in [1.82, 2.24) is 5.32 Å². The van der Waals surface area contributed by atoms with Crippen LogP contribution in [0.1, 0.15) is 33.1 Å². The second-order valence-electron chi connectivity index (χ2n) is 3.93. The molecule has 16 heavy (non-hydrogen) atoms. The summed E-state index contributed by atoms with van der Waals surface area (Å²) in [7, 11) is 0. The Morgan fingerprint density at radius 3 is 2.44 bits per heavy atom. The fourth-order valence-electron chi connectivity index (χ4n) is 1.37. The van der Waals surface area contributed by atoms with E-state index in [1.807, 2.05) is 6.92 Å². The van der Waals surface area contributed by atoms with Gasteiger partial charge in [-0.1, -0.05) is 20.3 Å². The Labute approximate surface area is 95.5 Å². The average molecular weight is 241 g/mol. The van der Waals surface area contributed by atoms with Crippen LogP contribution in [0.15, 0.2) is 0 Å². The molecule has 0 aromatic heterocycles. The molecule has 0 saturated carbocycles. The van der Waals surface area contributed by atoms with E-state index >= 15 is 0 Å². The summed E-state index contributed by atoms with van der Waals surface area (Å²) < 4.78 is 39.9. The maximum atomic E-state index is 11.8. The first-order chi connectivity index (χ1) is 7.49. The highest BCUT2D eigenvalue weighted by atomic mass is 19.4. The average Bonchev–Trinajstić information content (AvgIpc) is 2.20. The number of halogens is 3. The van der Waals surface area contributed by atoms with Crippen molar-refractivity contribution < 1.29 is 17.9 Å². The molecule has 0 aromatic carbocycles. The van der Waals surface area contributed by atoms with Crippen LogP contribution in [-0.4, -0.2) is 32.5 Å².